The highest BCUT2D eigenvalue weighted by molar-refractivity contribution is 7.08. The minimum absolute atomic E-state index is 0.0399. The third-order valence-electron chi connectivity index (χ3n) is 4.69. The topological polar surface area (TPSA) is 86.7 Å². The van der Waals surface area contributed by atoms with E-state index in [1.807, 2.05) is 16.8 Å². The van der Waals surface area contributed by atoms with Gasteiger partial charge >= 0.3 is 5.97 Å². The third-order valence-corrected chi connectivity index (χ3v) is 5.42. The van der Waals surface area contributed by atoms with E-state index in [1.165, 1.54) is 0 Å². The van der Waals surface area contributed by atoms with Crippen LogP contribution in [0.4, 0.5) is 0 Å². The summed E-state index contributed by atoms with van der Waals surface area (Å²) in [5.74, 6) is -1.76. The Morgan fingerprint density at radius 2 is 2.14 bits per heavy atom. The largest absolute Gasteiger partial charge is 0.481 e. The molecule has 1 aromatic heterocycles. The van der Waals surface area contributed by atoms with Gasteiger partial charge in [0.25, 0.3) is 0 Å². The lowest BCUT2D eigenvalue weighted by Gasteiger charge is -2.41. The van der Waals surface area contributed by atoms with E-state index < -0.39 is 17.4 Å². The molecule has 0 radical (unpaired) electrons. The molecular weight excluding hydrogens is 304 g/mol. The van der Waals surface area contributed by atoms with E-state index in [0.717, 1.165) is 5.56 Å². The molecule has 7 heteroatoms. The highest BCUT2D eigenvalue weighted by Gasteiger charge is 2.51. The number of piperidine rings is 1. The van der Waals surface area contributed by atoms with Crippen molar-refractivity contribution in [3.63, 3.8) is 0 Å². The molecule has 1 spiro atoms. The molecular formula is C15H18N2O4S. The number of rotatable bonds is 3. The molecule has 2 N–H and O–H groups in total. The number of aliphatic carboxylic acids is 1. The standard InChI is InChI=1S/C15H18N2O4S/c18-12-8-11(14(20)21)15(16-12)2-4-17(5-3-15)13(19)7-10-1-6-22-9-10/h1,6,9,11H,2-5,7-8H2,(H,16,18)(H,20,21). The molecule has 118 valence electrons. The van der Waals surface area contributed by atoms with Crippen molar-refractivity contribution in [1.82, 2.24) is 10.2 Å². The summed E-state index contributed by atoms with van der Waals surface area (Å²) >= 11 is 1.56. The van der Waals surface area contributed by atoms with Gasteiger partial charge in [0, 0.05) is 19.5 Å². The van der Waals surface area contributed by atoms with Crippen LogP contribution < -0.4 is 5.32 Å². The number of carboxylic acids is 1. The number of carbonyl (C=O) groups is 3. The first-order valence-electron chi connectivity index (χ1n) is 7.33. The van der Waals surface area contributed by atoms with Gasteiger partial charge in [-0.1, -0.05) is 0 Å². The van der Waals surface area contributed by atoms with Crippen molar-refractivity contribution in [2.45, 2.75) is 31.2 Å². The monoisotopic (exact) mass is 322 g/mol. The molecule has 2 amide bonds. The molecule has 2 aliphatic rings. The molecule has 0 saturated carbocycles. The van der Waals surface area contributed by atoms with E-state index in [9.17, 15) is 19.5 Å². The number of hydrogen-bond acceptors (Lipinski definition) is 4. The number of thiophene rings is 1. The van der Waals surface area contributed by atoms with Gasteiger partial charge in [0.1, 0.15) is 0 Å². The molecule has 0 aromatic carbocycles. The van der Waals surface area contributed by atoms with Crippen LogP contribution in [0.2, 0.25) is 0 Å². The fourth-order valence-corrected chi connectivity index (χ4v) is 4.10. The molecule has 1 unspecified atom stereocenters. The van der Waals surface area contributed by atoms with Crippen molar-refractivity contribution >= 4 is 29.1 Å². The lowest BCUT2D eigenvalue weighted by Crippen LogP contribution is -2.56. The predicted octanol–water partition coefficient (Wildman–Crippen LogP) is 0.872. The highest BCUT2D eigenvalue weighted by Crippen LogP contribution is 2.37. The summed E-state index contributed by atoms with van der Waals surface area (Å²) in [5, 5.41) is 16.1. The van der Waals surface area contributed by atoms with Crippen molar-refractivity contribution in [3.05, 3.63) is 22.4 Å². The number of likely N-dealkylation sites (tertiary alicyclic amines) is 1. The van der Waals surface area contributed by atoms with E-state index in [-0.39, 0.29) is 18.2 Å². The summed E-state index contributed by atoms with van der Waals surface area (Å²) in [4.78, 5) is 37.0. The predicted molar refractivity (Wildman–Crippen MR) is 80.5 cm³/mol. The molecule has 0 bridgehead atoms. The number of carbonyl (C=O) groups excluding carboxylic acids is 2. The van der Waals surface area contributed by atoms with Crippen LogP contribution in [-0.4, -0.2) is 46.4 Å². The van der Waals surface area contributed by atoms with Gasteiger partial charge in [-0.3, -0.25) is 14.4 Å². The van der Waals surface area contributed by atoms with Crippen LogP contribution in [0.5, 0.6) is 0 Å². The zero-order valence-electron chi connectivity index (χ0n) is 12.1. The van der Waals surface area contributed by atoms with E-state index in [1.54, 1.807) is 16.2 Å². The minimum atomic E-state index is -0.934. The van der Waals surface area contributed by atoms with Crippen LogP contribution in [0.3, 0.4) is 0 Å². The van der Waals surface area contributed by atoms with Crippen LogP contribution in [0.1, 0.15) is 24.8 Å². The Balaban J connectivity index is 1.63. The fraction of sp³-hybridized carbons (Fsp3) is 0.533. The first-order chi connectivity index (χ1) is 10.5. The van der Waals surface area contributed by atoms with Gasteiger partial charge in [-0.15, -0.1) is 0 Å². The number of amides is 2. The zero-order chi connectivity index (χ0) is 15.7. The quantitative estimate of drug-likeness (QED) is 0.864. The molecule has 3 heterocycles. The average Bonchev–Trinajstić information content (AvgIpc) is 3.08. The number of hydrogen-bond donors (Lipinski definition) is 2. The summed E-state index contributed by atoms with van der Waals surface area (Å²) in [6.07, 6.45) is 1.43. The Hall–Kier alpha value is -1.89. The Labute approximate surface area is 132 Å². The summed E-state index contributed by atoms with van der Waals surface area (Å²) in [6.45, 7) is 0.986. The Kier molecular flexibility index (Phi) is 3.90. The molecule has 1 atom stereocenters. The number of nitrogens with one attached hydrogen (secondary N) is 1. The Morgan fingerprint density at radius 1 is 1.41 bits per heavy atom. The van der Waals surface area contributed by atoms with Gasteiger partial charge in [-0.2, -0.15) is 11.3 Å². The maximum atomic E-state index is 12.3. The lowest BCUT2D eigenvalue weighted by molar-refractivity contribution is -0.145. The maximum absolute atomic E-state index is 12.3. The lowest BCUT2D eigenvalue weighted by atomic mass is 9.77. The van der Waals surface area contributed by atoms with Gasteiger partial charge in [-0.25, -0.2) is 0 Å². The first kappa shape index (κ1) is 15.0. The van der Waals surface area contributed by atoms with E-state index in [2.05, 4.69) is 5.32 Å². The second kappa shape index (κ2) is 5.72. The van der Waals surface area contributed by atoms with Crippen molar-refractivity contribution in [1.29, 1.82) is 0 Å². The summed E-state index contributed by atoms with van der Waals surface area (Å²) in [6, 6.07) is 1.94. The van der Waals surface area contributed by atoms with Crippen molar-refractivity contribution in [2.75, 3.05) is 13.1 Å². The normalized spacial score (nSPS) is 23.5. The Morgan fingerprint density at radius 3 is 2.73 bits per heavy atom. The average molecular weight is 322 g/mol. The second-order valence-electron chi connectivity index (χ2n) is 5.99. The molecule has 3 rings (SSSR count). The van der Waals surface area contributed by atoms with Gasteiger partial charge in [-0.05, 0) is 35.2 Å². The molecule has 6 nitrogen and oxygen atoms in total. The molecule has 2 saturated heterocycles. The Bertz CT molecular complexity index is 591. The van der Waals surface area contributed by atoms with Gasteiger partial charge in [0.15, 0.2) is 0 Å². The fourth-order valence-electron chi connectivity index (χ4n) is 3.43. The van der Waals surface area contributed by atoms with Crippen molar-refractivity contribution in [2.24, 2.45) is 5.92 Å². The number of nitrogens with zero attached hydrogens (tertiary/aromatic N) is 1. The molecule has 0 aliphatic carbocycles. The van der Waals surface area contributed by atoms with Crippen LogP contribution in [0, 0.1) is 5.92 Å². The smallest absolute Gasteiger partial charge is 0.309 e. The van der Waals surface area contributed by atoms with Gasteiger partial charge in [0.2, 0.25) is 11.8 Å². The number of carboxylic acid groups (broad SMARTS) is 1. The maximum Gasteiger partial charge on any atom is 0.309 e. The van der Waals surface area contributed by atoms with Crippen LogP contribution >= 0.6 is 11.3 Å². The van der Waals surface area contributed by atoms with E-state index >= 15 is 0 Å². The highest BCUT2D eigenvalue weighted by atomic mass is 32.1. The zero-order valence-corrected chi connectivity index (χ0v) is 12.9. The van der Waals surface area contributed by atoms with E-state index in [4.69, 9.17) is 0 Å². The summed E-state index contributed by atoms with van der Waals surface area (Å²) in [7, 11) is 0. The first-order valence-corrected chi connectivity index (χ1v) is 8.27. The molecule has 2 fully saturated rings. The van der Waals surface area contributed by atoms with Gasteiger partial charge in [0.05, 0.1) is 17.9 Å². The SMILES string of the molecule is O=C1CC(C(=O)O)C2(CCN(C(=O)Cc3ccsc3)CC2)N1. The van der Waals surface area contributed by atoms with Crippen LogP contribution in [-0.2, 0) is 20.8 Å². The van der Waals surface area contributed by atoms with Crippen molar-refractivity contribution in [3.8, 4) is 0 Å². The minimum Gasteiger partial charge on any atom is -0.481 e. The second-order valence-corrected chi connectivity index (χ2v) is 6.77. The summed E-state index contributed by atoms with van der Waals surface area (Å²) < 4.78 is 0. The third kappa shape index (κ3) is 2.72. The molecule has 1 aromatic rings. The van der Waals surface area contributed by atoms with E-state index in [0.29, 0.717) is 32.4 Å². The van der Waals surface area contributed by atoms with Gasteiger partial charge < -0.3 is 15.3 Å². The van der Waals surface area contributed by atoms with Crippen LogP contribution in [0.25, 0.3) is 0 Å². The van der Waals surface area contributed by atoms with Crippen molar-refractivity contribution < 1.29 is 19.5 Å². The summed E-state index contributed by atoms with van der Waals surface area (Å²) in [5.41, 5.74) is 0.329. The molecule has 22 heavy (non-hydrogen) atoms. The molecule has 2 aliphatic heterocycles. The van der Waals surface area contributed by atoms with Crippen LogP contribution in [0.15, 0.2) is 16.8 Å².